The molecule has 0 saturated heterocycles. The molecule has 7 heteroatoms. The quantitative estimate of drug-likeness (QED) is 0.589. The molecular formula is C13H13BrN4O2. The third-order valence-electron chi connectivity index (χ3n) is 2.56. The van der Waals surface area contributed by atoms with Crippen molar-refractivity contribution in [3.63, 3.8) is 0 Å². The summed E-state index contributed by atoms with van der Waals surface area (Å²) in [5.74, 6) is 5.99. The topological polar surface area (TPSA) is 89.3 Å². The summed E-state index contributed by atoms with van der Waals surface area (Å²) in [5.41, 5.74) is 3.35. The summed E-state index contributed by atoms with van der Waals surface area (Å²) < 4.78 is 5.79. The van der Waals surface area contributed by atoms with Gasteiger partial charge in [-0.25, -0.2) is 10.8 Å². The summed E-state index contributed by atoms with van der Waals surface area (Å²) in [6.07, 6.45) is 1.55. The zero-order chi connectivity index (χ0) is 14.5. The zero-order valence-electron chi connectivity index (χ0n) is 10.7. The van der Waals surface area contributed by atoms with Crippen molar-refractivity contribution in [2.75, 3.05) is 17.9 Å². The Morgan fingerprint density at radius 2 is 2.20 bits per heavy atom. The van der Waals surface area contributed by atoms with E-state index in [0.29, 0.717) is 27.3 Å². The van der Waals surface area contributed by atoms with Crippen LogP contribution in [0.3, 0.4) is 0 Å². The number of nitrogens with two attached hydrogens (primary N) is 1. The lowest BCUT2D eigenvalue weighted by molar-refractivity contribution is 0.102. The number of halogens is 1. The zero-order valence-corrected chi connectivity index (χ0v) is 12.3. The van der Waals surface area contributed by atoms with Crippen LogP contribution in [0.5, 0.6) is 5.75 Å². The number of carbonyl (C=O) groups excluding carboxylic acids is 1. The van der Waals surface area contributed by atoms with Gasteiger partial charge in [-0.15, -0.1) is 0 Å². The molecule has 0 radical (unpaired) electrons. The summed E-state index contributed by atoms with van der Waals surface area (Å²) in [5, 5.41) is 2.76. The number of rotatable bonds is 4. The Kier molecular flexibility index (Phi) is 4.54. The Hall–Kier alpha value is -2.12. The lowest BCUT2D eigenvalue weighted by Gasteiger charge is -2.10. The number of aromatic nitrogens is 1. The number of amides is 1. The van der Waals surface area contributed by atoms with Gasteiger partial charge in [-0.3, -0.25) is 4.79 Å². The fourth-order valence-electron chi connectivity index (χ4n) is 1.63. The number of hydrogen-bond acceptors (Lipinski definition) is 5. The molecule has 0 spiro atoms. The van der Waals surface area contributed by atoms with Crippen LogP contribution in [0.4, 0.5) is 11.5 Å². The Labute approximate surface area is 124 Å². The van der Waals surface area contributed by atoms with Crippen molar-refractivity contribution in [3.8, 4) is 5.75 Å². The van der Waals surface area contributed by atoms with Gasteiger partial charge in [0.2, 0.25) is 0 Å². The fourth-order valence-corrected chi connectivity index (χ4v) is 1.96. The van der Waals surface area contributed by atoms with Crippen LogP contribution in [-0.2, 0) is 0 Å². The van der Waals surface area contributed by atoms with E-state index in [1.807, 2.05) is 0 Å². The average Bonchev–Trinajstić information content (AvgIpc) is 2.47. The number of hydrogen-bond donors (Lipinski definition) is 3. The van der Waals surface area contributed by atoms with Crippen LogP contribution in [-0.4, -0.2) is 18.0 Å². The van der Waals surface area contributed by atoms with E-state index in [1.165, 1.54) is 0 Å². The number of nitrogens with zero attached hydrogens (tertiary/aromatic N) is 1. The van der Waals surface area contributed by atoms with Gasteiger partial charge in [0.05, 0.1) is 12.7 Å². The minimum Gasteiger partial charge on any atom is -0.497 e. The van der Waals surface area contributed by atoms with E-state index in [9.17, 15) is 4.79 Å². The van der Waals surface area contributed by atoms with Gasteiger partial charge < -0.3 is 15.5 Å². The fraction of sp³-hybridized carbons (Fsp3) is 0.0769. The minimum absolute atomic E-state index is 0.300. The first-order valence-corrected chi connectivity index (χ1v) is 6.51. The maximum atomic E-state index is 12.2. The van der Waals surface area contributed by atoms with Crippen LogP contribution in [0.15, 0.2) is 41.0 Å². The first-order chi connectivity index (χ1) is 9.63. The summed E-state index contributed by atoms with van der Waals surface area (Å²) in [7, 11) is 1.57. The van der Waals surface area contributed by atoms with Crippen LogP contribution in [0.2, 0.25) is 0 Å². The van der Waals surface area contributed by atoms with Crippen molar-refractivity contribution in [1.82, 2.24) is 4.98 Å². The maximum Gasteiger partial charge on any atom is 0.259 e. The summed E-state index contributed by atoms with van der Waals surface area (Å²) in [6, 6.07) is 8.71. The van der Waals surface area contributed by atoms with Gasteiger partial charge in [0.15, 0.2) is 5.82 Å². The van der Waals surface area contributed by atoms with Crippen molar-refractivity contribution in [1.29, 1.82) is 0 Å². The number of methoxy groups -OCH3 is 1. The van der Waals surface area contributed by atoms with Crippen molar-refractivity contribution in [2.24, 2.45) is 5.84 Å². The highest BCUT2D eigenvalue weighted by atomic mass is 79.9. The molecule has 6 nitrogen and oxygen atoms in total. The Morgan fingerprint density at radius 1 is 1.40 bits per heavy atom. The van der Waals surface area contributed by atoms with E-state index in [-0.39, 0.29) is 5.91 Å². The molecule has 104 valence electrons. The Bertz CT molecular complexity index is 634. The highest BCUT2D eigenvalue weighted by molar-refractivity contribution is 9.10. The molecule has 0 saturated carbocycles. The highest BCUT2D eigenvalue weighted by Gasteiger charge is 2.13. The molecule has 1 aromatic heterocycles. The molecule has 0 aliphatic carbocycles. The minimum atomic E-state index is -0.319. The molecule has 0 aliphatic heterocycles. The van der Waals surface area contributed by atoms with E-state index >= 15 is 0 Å². The number of hydrazine groups is 1. The summed E-state index contributed by atoms with van der Waals surface area (Å²) in [4.78, 5) is 16.3. The lowest BCUT2D eigenvalue weighted by Crippen LogP contribution is -2.18. The van der Waals surface area contributed by atoms with Gasteiger partial charge in [-0.1, -0.05) is 6.07 Å². The average molecular weight is 337 g/mol. The molecule has 4 N–H and O–H groups in total. The number of carbonyl (C=O) groups is 1. The number of nitrogens with one attached hydrogen (secondary N) is 2. The van der Waals surface area contributed by atoms with Crippen LogP contribution in [0, 0.1) is 0 Å². The third-order valence-corrected chi connectivity index (χ3v) is 3.00. The molecule has 1 heterocycles. The highest BCUT2D eigenvalue weighted by Crippen LogP contribution is 2.21. The largest absolute Gasteiger partial charge is 0.497 e. The monoisotopic (exact) mass is 336 g/mol. The van der Waals surface area contributed by atoms with Crippen LogP contribution < -0.4 is 21.3 Å². The van der Waals surface area contributed by atoms with E-state index < -0.39 is 0 Å². The van der Waals surface area contributed by atoms with Crippen molar-refractivity contribution < 1.29 is 9.53 Å². The molecule has 2 aromatic rings. The smallest absolute Gasteiger partial charge is 0.259 e. The van der Waals surface area contributed by atoms with Crippen LogP contribution >= 0.6 is 15.9 Å². The molecule has 0 fully saturated rings. The first-order valence-electron chi connectivity index (χ1n) is 5.71. The standard InChI is InChI=1S/C13H13BrN4O2/c1-20-10-4-2-3-9(6-10)17-13(19)11-5-8(14)7-16-12(11)18-15/h2-7H,15H2,1H3,(H,16,18)(H,17,19). The summed E-state index contributed by atoms with van der Waals surface area (Å²) >= 11 is 3.27. The van der Waals surface area contributed by atoms with E-state index in [4.69, 9.17) is 10.6 Å². The van der Waals surface area contributed by atoms with E-state index in [1.54, 1.807) is 43.6 Å². The van der Waals surface area contributed by atoms with Crippen molar-refractivity contribution in [2.45, 2.75) is 0 Å². The molecule has 0 atom stereocenters. The second-order valence-electron chi connectivity index (χ2n) is 3.88. The SMILES string of the molecule is COc1cccc(NC(=O)c2cc(Br)cnc2NN)c1. The molecule has 0 bridgehead atoms. The molecule has 20 heavy (non-hydrogen) atoms. The predicted octanol–water partition coefficient (Wildman–Crippen LogP) is 2.39. The predicted molar refractivity (Wildman–Crippen MR) is 80.7 cm³/mol. The molecule has 1 aromatic carbocycles. The van der Waals surface area contributed by atoms with Crippen molar-refractivity contribution in [3.05, 3.63) is 46.6 Å². The number of ether oxygens (including phenoxy) is 1. The Balaban J connectivity index is 2.25. The molecule has 1 amide bonds. The first kappa shape index (κ1) is 14.3. The molecule has 2 rings (SSSR count). The number of benzene rings is 1. The number of pyridine rings is 1. The van der Waals surface area contributed by atoms with Gasteiger partial charge in [0.25, 0.3) is 5.91 Å². The molecular weight excluding hydrogens is 324 g/mol. The van der Waals surface area contributed by atoms with E-state index in [0.717, 1.165) is 0 Å². The van der Waals surface area contributed by atoms with Gasteiger partial charge in [-0.2, -0.15) is 0 Å². The number of anilines is 2. The third kappa shape index (κ3) is 3.25. The molecule has 0 unspecified atom stereocenters. The van der Waals surface area contributed by atoms with Gasteiger partial charge in [0.1, 0.15) is 5.75 Å². The Morgan fingerprint density at radius 3 is 2.90 bits per heavy atom. The second kappa shape index (κ2) is 6.36. The normalized spacial score (nSPS) is 9.95. The van der Waals surface area contributed by atoms with Gasteiger partial charge in [-0.05, 0) is 34.1 Å². The summed E-state index contributed by atoms with van der Waals surface area (Å²) in [6.45, 7) is 0. The van der Waals surface area contributed by atoms with Gasteiger partial charge >= 0.3 is 0 Å². The van der Waals surface area contributed by atoms with Crippen molar-refractivity contribution >= 4 is 33.3 Å². The molecule has 0 aliphatic rings. The van der Waals surface area contributed by atoms with Crippen LogP contribution in [0.25, 0.3) is 0 Å². The van der Waals surface area contributed by atoms with Gasteiger partial charge in [0, 0.05) is 22.4 Å². The van der Waals surface area contributed by atoms with E-state index in [2.05, 4.69) is 31.7 Å². The second-order valence-corrected chi connectivity index (χ2v) is 4.80. The maximum absolute atomic E-state index is 12.2. The lowest BCUT2D eigenvalue weighted by atomic mass is 10.2. The number of nitrogen functional groups attached to an aromatic ring is 1. The van der Waals surface area contributed by atoms with Crippen LogP contribution in [0.1, 0.15) is 10.4 Å².